The number of likely N-dealkylation sites (N-methyl/N-ethyl adjacent to an activating group) is 1. The van der Waals surface area contributed by atoms with Crippen LogP contribution in [0.1, 0.15) is 29.9 Å². The number of aromatic nitrogens is 1. The minimum Gasteiger partial charge on any atom is -0.389 e. The molecule has 1 N–H and O–H groups in total. The predicted molar refractivity (Wildman–Crippen MR) is 62.5 cm³/mol. The van der Waals surface area contributed by atoms with Crippen LogP contribution < -0.4 is 0 Å². The van der Waals surface area contributed by atoms with Crippen molar-refractivity contribution in [2.45, 2.75) is 25.6 Å². The molecule has 0 saturated heterocycles. The highest BCUT2D eigenvalue weighted by Crippen LogP contribution is 2.27. The third kappa shape index (κ3) is 4.51. The maximum Gasteiger partial charge on any atom is 0.433 e. The highest BCUT2D eigenvalue weighted by atomic mass is 19.4. The molecule has 0 saturated carbocycles. The first kappa shape index (κ1) is 15.4. The number of amides is 1. The SMILES string of the molecule is CN(CC(C)(C)O)C(=O)c1ccc(C(F)(F)F)nc1. The molecule has 7 heteroatoms. The molecule has 0 unspecified atom stereocenters. The smallest absolute Gasteiger partial charge is 0.389 e. The zero-order chi connectivity index (χ0) is 14.8. The van der Waals surface area contributed by atoms with Crippen LogP contribution in [0.5, 0.6) is 0 Å². The first-order valence-corrected chi connectivity index (χ1v) is 5.52. The van der Waals surface area contributed by atoms with E-state index in [1.165, 1.54) is 25.8 Å². The summed E-state index contributed by atoms with van der Waals surface area (Å²) in [7, 11) is 1.46. The monoisotopic (exact) mass is 276 g/mol. The van der Waals surface area contributed by atoms with Gasteiger partial charge >= 0.3 is 6.18 Å². The van der Waals surface area contributed by atoms with Gasteiger partial charge in [0.1, 0.15) is 5.69 Å². The largest absolute Gasteiger partial charge is 0.433 e. The second-order valence-corrected chi connectivity index (χ2v) is 4.90. The van der Waals surface area contributed by atoms with E-state index in [9.17, 15) is 23.1 Å². The first-order chi connectivity index (χ1) is 8.50. The molecule has 0 spiro atoms. The van der Waals surface area contributed by atoms with Gasteiger partial charge in [-0.05, 0) is 26.0 Å². The maximum atomic E-state index is 12.3. The van der Waals surface area contributed by atoms with Crippen molar-refractivity contribution in [1.29, 1.82) is 0 Å². The fraction of sp³-hybridized carbons (Fsp3) is 0.500. The third-order valence-corrected chi connectivity index (χ3v) is 2.27. The predicted octanol–water partition coefficient (Wildman–Crippen LogP) is 1.94. The Morgan fingerprint density at radius 1 is 1.37 bits per heavy atom. The summed E-state index contributed by atoms with van der Waals surface area (Å²) in [5.74, 6) is -0.497. The van der Waals surface area contributed by atoms with Crippen molar-refractivity contribution < 1.29 is 23.1 Å². The highest BCUT2D eigenvalue weighted by molar-refractivity contribution is 5.93. The summed E-state index contributed by atoms with van der Waals surface area (Å²) in [4.78, 5) is 16.3. The van der Waals surface area contributed by atoms with E-state index in [0.717, 1.165) is 18.3 Å². The molecule has 0 fully saturated rings. The molecule has 106 valence electrons. The number of nitrogens with zero attached hydrogens (tertiary/aromatic N) is 2. The first-order valence-electron chi connectivity index (χ1n) is 5.52. The van der Waals surface area contributed by atoms with E-state index in [-0.39, 0.29) is 12.1 Å². The van der Waals surface area contributed by atoms with E-state index in [0.29, 0.717) is 0 Å². The zero-order valence-corrected chi connectivity index (χ0v) is 10.8. The van der Waals surface area contributed by atoms with Crippen molar-refractivity contribution in [2.75, 3.05) is 13.6 Å². The van der Waals surface area contributed by atoms with Crippen LogP contribution in [0.4, 0.5) is 13.2 Å². The lowest BCUT2D eigenvalue weighted by Gasteiger charge is -2.25. The van der Waals surface area contributed by atoms with Gasteiger partial charge in [0.05, 0.1) is 11.2 Å². The molecule has 0 aliphatic carbocycles. The lowest BCUT2D eigenvalue weighted by molar-refractivity contribution is -0.141. The fourth-order valence-electron chi connectivity index (χ4n) is 1.56. The number of rotatable bonds is 3. The van der Waals surface area contributed by atoms with Crippen molar-refractivity contribution in [3.8, 4) is 0 Å². The van der Waals surface area contributed by atoms with Crippen LogP contribution in [-0.4, -0.2) is 40.1 Å². The summed E-state index contributed by atoms with van der Waals surface area (Å²) < 4.78 is 36.9. The topological polar surface area (TPSA) is 53.4 Å². The van der Waals surface area contributed by atoms with Crippen molar-refractivity contribution in [3.63, 3.8) is 0 Å². The summed E-state index contributed by atoms with van der Waals surface area (Å²) in [5, 5.41) is 9.58. The Kier molecular flexibility index (Phi) is 4.19. The second kappa shape index (κ2) is 5.16. The highest BCUT2D eigenvalue weighted by Gasteiger charge is 2.32. The molecule has 0 aliphatic rings. The Morgan fingerprint density at radius 2 is 1.95 bits per heavy atom. The van der Waals surface area contributed by atoms with Crippen molar-refractivity contribution >= 4 is 5.91 Å². The number of pyridine rings is 1. The van der Waals surface area contributed by atoms with E-state index in [1.54, 1.807) is 0 Å². The summed E-state index contributed by atoms with van der Waals surface area (Å²) in [5.41, 5.74) is -2.09. The molecule has 0 atom stereocenters. The standard InChI is InChI=1S/C12H15F3N2O2/c1-11(2,19)7-17(3)10(18)8-4-5-9(16-6-8)12(13,14)15/h4-6,19H,7H2,1-3H3. The van der Waals surface area contributed by atoms with Crippen LogP contribution in [0.25, 0.3) is 0 Å². The van der Waals surface area contributed by atoms with Gasteiger partial charge in [-0.3, -0.25) is 9.78 Å². The van der Waals surface area contributed by atoms with Crippen LogP contribution in [0, 0.1) is 0 Å². The molecule has 1 aromatic heterocycles. The van der Waals surface area contributed by atoms with E-state index < -0.39 is 23.4 Å². The molecule has 1 amide bonds. The Bertz CT molecular complexity index is 450. The average molecular weight is 276 g/mol. The van der Waals surface area contributed by atoms with Gasteiger partial charge in [-0.25, -0.2) is 0 Å². The van der Waals surface area contributed by atoms with Crippen molar-refractivity contribution in [2.24, 2.45) is 0 Å². The second-order valence-electron chi connectivity index (χ2n) is 4.90. The molecule has 0 aromatic carbocycles. The van der Waals surface area contributed by atoms with E-state index in [2.05, 4.69) is 4.98 Å². The molecular weight excluding hydrogens is 261 g/mol. The van der Waals surface area contributed by atoms with E-state index in [4.69, 9.17) is 0 Å². The van der Waals surface area contributed by atoms with Crippen LogP contribution in [-0.2, 0) is 6.18 Å². The van der Waals surface area contributed by atoms with Gasteiger partial charge in [0.15, 0.2) is 0 Å². The van der Waals surface area contributed by atoms with Gasteiger partial charge in [0, 0.05) is 19.8 Å². The molecular formula is C12H15F3N2O2. The molecule has 4 nitrogen and oxygen atoms in total. The molecule has 1 aromatic rings. The lowest BCUT2D eigenvalue weighted by atomic mass is 10.1. The van der Waals surface area contributed by atoms with Gasteiger partial charge in [0.25, 0.3) is 5.91 Å². The normalized spacial score (nSPS) is 12.4. The van der Waals surface area contributed by atoms with Gasteiger partial charge < -0.3 is 10.0 Å². The van der Waals surface area contributed by atoms with Crippen LogP contribution in [0.3, 0.4) is 0 Å². The number of hydrogen-bond acceptors (Lipinski definition) is 3. The van der Waals surface area contributed by atoms with E-state index >= 15 is 0 Å². The minimum absolute atomic E-state index is 0.0414. The Morgan fingerprint density at radius 3 is 2.32 bits per heavy atom. The summed E-state index contributed by atoms with van der Waals surface area (Å²) in [6, 6.07) is 1.82. The summed E-state index contributed by atoms with van der Waals surface area (Å²) in [6.07, 6.45) is -3.65. The van der Waals surface area contributed by atoms with E-state index in [1.807, 2.05) is 0 Å². The lowest BCUT2D eigenvalue weighted by Crippen LogP contribution is -2.39. The fourth-order valence-corrected chi connectivity index (χ4v) is 1.56. The van der Waals surface area contributed by atoms with Crippen LogP contribution in [0.15, 0.2) is 18.3 Å². The molecule has 0 bridgehead atoms. The molecule has 1 rings (SSSR count). The third-order valence-electron chi connectivity index (χ3n) is 2.27. The maximum absolute atomic E-state index is 12.3. The van der Waals surface area contributed by atoms with Gasteiger partial charge in [-0.2, -0.15) is 13.2 Å². The number of aliphatic hydroxyl groups is 1. The van der Waals surface area contributed by atoms with Crippen molar-refractivity contribution in [1.82, 2.24) is 9.88 Å². The Balaban J connectivity index is 2.84. The number of carbonyl (C=O) groups excluding carboxylic acids is 1. The van der Waals surface area contributed by atoms with Gasteiger partial charge in [-0.1, -0.05) is 0 Å². The summed E-state index contributed by atoms with van der Waals surface area (Å²) >= 11 is 0. The average Bonchev–Trinajstić information content (AvgIpc) is 2.24. The number of carbonyl (C=O) groups is 1. The molecule has 0 radical (unpaired) electrons. The Hall–Kier alpha value is -1.63. The Labute approximate surface area is 108 Å². The van der Waals surface area contributed by atoms with Crippen molar-refractivity contribution in [3.05, 3.63) is 29.6 Å². The number of alkyl halides is 3. The minimum atomic E-state index is -4.53. The van der Waals surface area contributed by atoms with Gasteiger partial charge in [0.2, 0.25) is 0 Å². The quantitative estimate of drug-likeness (QED) is 0.918. The van der Waals surface area contributed by atoms with Crippen LogP contribution >= 0.6 is 0 Å². The van der Waals surface area contributed by atoms with Gasteiger partial charge in [-0.15, -0.1) is 0 Å². The zero-order valence-electron chi connectivity index (χ0n) is 10.8. The van der Waals surface area contributed by atoms with Crippen LogP contribution in [0.2, 0.25) is 0 Å². The molecule has 19 heavy (non-hydrogen) atoms. The number of hydrogen-bond donors (Lipinski definition) is 1. The summed E-state index contributed by atoms with van der Waals surface area (Å²) in [6.45, 7) is 3.12. The number of halogens is 3. The molecule has 1 heterocycles. The molecule has 0 aliphatic heterocycles.